The zero-order valence-corrected chi connectivity index (χ0v) is 17.2. The monoisotopic (exact) mass is 412 g/mol. The van der Waals surface area contributed by atoms with Crippen LogP contribution in [0.5, 0.6) is 5.75 Å². The second-order valence-corrected chi connectivity index (χ2v) is 7.45. The third-order valence-electron chi connectivity index (χ3n) is 5.10. The number of ether oxygens (including phenoxy) is 2. The second-order valence-electron chi connectivity index (χ2n) is 7.45. The second kappa shape index (κ2) is 10.1. The first-order chi connectivity index (χ1) is 13.7. The van der Waals surface area contributed by atoms with E-state index in [2.05, 4.69) is 13.2 Å². The Hall–Kier alpha value is -2.08. The van der Waals surface area contributed by atoms with Crippen molar-refractivity contribution in [1.82, 2.24) is 0 Å². The molecule has 1 aromatic carbocycles. The summed E-state index contributed by atoms with van der Waals surface area (Å²) >= 11 is 0. The average molecular weight is 412 g/mol. The molecule has 0 saturated carbocycles. The van der Waals surface area contributed by atoms with Gasteiger partial charge in [-0.15, -0.1) is 0 Å². The lowest BCUT2D eigenvalue weighted by molar-refractivity contribution is 0.0485. The van der Waals surface area contributed by atoms with Gasteiger partial charge in [0.2, 0.25) is 5.82 Å². The summed E-state index contributed by atoms with van der Waals surface area (Å²) in [6.45, 7) is 12.9. The van der Waals surface area contributed by atoms with Crippen LogP contribution >= 0.6 is 0 Å². The van der Waals surface area contributed by atoms with Crippen LogP contribution in [0.1, 0.15) is 44.7 Å². The predicted molar refractivity (Wildman–Crippen MR) is 106 cm³/mol. The van der Waals surface area contributed by atoms with Crippen LogP contribution in [0, 0.1) is 17.6 Å². The van der Waals surface area contributed by atoms with Crippen molar-refractivity contribution in [2.24, 2.45) is 5.92 Å². The number of benzene rings is 1. The van der Waals surface area contributed by atoms with Crippen molar-refractivity contribution in [3.8, 4) is 5.75 Å². The van der Waals surface area contributed by atoms with Crippen molar-refractivity contribution < 1.29 is 27.0 Å². The number of fused-ring (bicyclic) bond motifs is 1. The summed E-state index contributed by atoms with van der Waals surface area (Å²) in [5.41, 5.74) is 0.878. The Morgan fingerprint density at radius 1 is 1.28 bits per heavy atom. The van der Waals surface area contributed by atoms with Gasteiger partial charge in [0.25, 0.3) is 0 Å². The summed E-state index contributed by atoms with van der Waals surface area (Å²) in [6, 6.07) is 1.43. The first kappa shape index (κ1) is 23.2. The Kier molecular flexibility index (Phi) is 8.08. The van der Waals surface area contributed by atoms with E-state index in [0.717, 1.165) is 6.42 Å². The molecular formula is C23H28F4O2. The van der Waals surface area contributed by atoms with Crippen LogP contribution in [0.15, 0.2) is 42.0 Å². The van der Waals surface area contributed by atoms with E-state index in [-0.39, 0.29) is 60.5 Å². The Balaban J connectivity index is 2.28. The highest BCUT2D eigenvalue weighted by Crippen LogP contribution is 2.39. The van der Waals surface area contributed by atoms with Crippen molar-refractivity contribution in [2.45, 2.75) is 52.6 Å². The van der Waals surface area contributed by atoms with Gasteiger partial charge >= 0.3 is 0 Å². The standard InChI is InChI=1S/C23H28F4O2/c1-6-15(4)28-12-14(3)16(5)19(25)22-13(2)10-18-11-17(8-7-9-24)20(26)21(27)23(18)29-22/h11,14-15H,2,5-10,12H2,1,3-4H3/b22-19-. The Labute approximate surface area is 169 Å². The topological polar surface area (TPSA) is 18.5 Å². The number of allylic oxidation sites excluding steroid dienone is 2. The van der Waals surface area contributed by atoms with Gasteiger partial charge in [0.05, 0.1) is 19.4 Å². The minimum Gasteiger partial charge on any atom is -0.450 e. The minimum atomic E-state index is -1.20. The summed E-state index contributed by atoms with van der Waals surface area (Å²) in [6.07, 6.45) is 1.13. The first-order valence-corrected chi connectivity index (χ1v) is 9.83. The molecule has 1 aromatic rings. The maximum Gasteiger partial charge on any atom is 0.201 e. The molecule has 6 heteroatoms. The Bertz CT molecular complexity index is 814. The third kappa shape index (κ3) is 5.30. The highest BCUT2D eigenvalue weighted by molar-refractivity contribution is 5.51. The molecule has 2 nitrogen and oxygen atoms in total. The number of aryl methyl sites for hydroxylation is 1. The molecule has 0 radical (unpaired) electrons. The lowest BCUT2D eigenvalue weighted by Crippen LogP contribution is -2.18. The number of hydrogen-bond donors (Lipinski definition) is 0. The number of alkyl halides is 1. The van der Waals surface area contributed by atoms with Crippen LogP contribution in [0.2, 0.25) is 0 Å². The van der Waals surface area contributed by atoms with Crippen molar-refractivity contribution in [3.05, 3.63) is 64.7 Å². The largest absolute Gasteiger partial charge is 0.450 e. The third-order valence-corrected chi connectivity index (χ3v) is 5.10. The highest BCUT2D eigenvalue weighted by atomic mass is 19.2. The summed E-state index contributed by atoms with van der Waals surface area (Å²) in [5, 5.41) is 0. The minimum absolute atomic E-state index is 0.0393. The molecule has 2 atom stereocenters. The highest BCUT2D eigenvalue weighted by Gasteiger charge is 2.29. The number of halogens is 4. The Morgan fingerprint density at radius 2 is 1.97 bits per heavy atom. The van der Waals surface area contributed by atoms with E-state index < -0.39 is 24.1 Å². The molecule has 0 saturated heterocycles. The predicted octanol–water partition coefficient (Wildman–Crippen LogP) is 6.55. The van der Waals surface area contributed by atoms with Gasteiger partial charge in [-0.1, -0.05) is 27.0 Å². The summed E-state index contributed by atoms with van der Waals surface area (Å²) in [5.74, 6) is -3.99. The molecule has 0 N–H and O–H groups in total. The number of rotatable bonds is 9. The van der Waals surface area contributed by atoms with Gasteiger partial charge in [0.1, 0.15) is 0 Å². The summed E-state index contributed by atoms with van der Waals surface area (Å²) in [4.78, 5) is 0. The molecule has 2 rings (SSSR count). The van der Waals surface area contributed by atoms with E-state index in [1.165, 1.54) is 6.07 Å². The van der Waals surface area contributed by atoms with Crippen molar-refractivity contribution in [2.75, 3.05) is 13.3 Å². The molecule has 2 unspecified atom stereocenters. The molecule has 1 aliphatic heterocycles. The average Bonchev–Trinajstić information content (AvgIpc) is 2.71. The van der Waals surface area contributed by atoms with Crippen LogP contribution in [-0.2, 0) is 17.6 Å². The molecule has 0 aliphatic carbocycles. The van der Waals surface area contributed by atoms with Gasteiger partial charge in [-0.05, 0) is 49.0 Å². The molecule has 1 aliphatic rings. The maximum atomic E-state index is 15.0. The van der Waals surface area contributed by atoms with Gasteiger partial charge in [-0.3, -0.25) is 4.39 Å². The molecule has 0 spiro atoms. The SMILES string of the molecule is C=C1Cc2cc(CCCF)c(F)c(F)c2O/C1=C(\F)C(=C)C(C)COC(C)CC. The van der Waals surface area contributed by atoms with Gasteiger partial charge in [-0.2, -0.15) is 4.39 Å². The van der Waals surface area contributed by atoms with Crippen molar-refractivity contribution >= 4 is 0 Å². The van der Waals surface area contributed by atoms with E-state index in [1.54, 1.807) is 6.92 Å². The van der Waals surface area contributed by atoms with E-state index >= 15 is 4.39 Å². The Morgan fingerprint density at radius 3 is 2.59 bits per heavy atom. The molecule has 0 amide bonds. The van der Waals surface area contributed by atoms with Crippen LogP contribution in [0.25, 0.3) is 0 Å². The molecule has 29 heavy (non-hydrogen) atoms. The van der Waals surface area contributed by atoms with Crippen molar-refractivity contribution in [3.63, 3.8) is 0 Å². The zero-order chi connectivity index (χ0) is 21.7. The fourth-order valence-corrected chi connectivity index (χ4v) is 2.98. The van der Waals surface area contributed by atoms with Crippen LogP contribution in [-0.4, -0.2) is 19.4 Å². The van der Waals surface area contributed by atoms with Gasteiger partial charge in [0.15, 0.2) is 23.2 Å². The quantitative estimate of drug-likeness (QED) is 0.429. The van der Waals surface area contributed by atoms with E-state index in [4.69, 9.17) is 9.47 Å². The van der Waals surface area contributed by atoms with Gasteiger partial charge in [-0.25, -0.2) is 8.78 Å². The fourth-order valence-electron chi connectivity index (χ4n) is 2.98. The van der Waals surface area contributed by atoms with E-state index in [0.29, 0.717) is 11.1 Å². The summed E-state index contributed by atoms with van der Waals surface area (Å²) in [7, 11) is 0. The zero-order valence-electron chi connectivity index (χ0n) is 17.2. The lowest BCUT2D eigenvalue weighted by atomic mass is 9.94. The fraction of sp³-hybridized carbons (Fsp3) is 0.478. The number of hydrogen-bond acceptors (Lipinski definition) is 2. The molecular weight excluding hydrogens is 384 g/mol. The molecule has 0 fully saturated rings. The molecule has 0 aromatic heterocycles. The maximum absolute atomic E-state index is 15.0. The van der Waals surface area contributed by atoms with Crippen molar-refractivity contribution in [1.29, 1.82) is 0 Å². The molecule has 1 heterocycles. The van der Waals surface area contributed by atoms with E-state index in [9.17, 15) is 13.2 Å². The van der Waals surface area contributed by atoms with Gasteiger partial charge < -0.3 is 9.47 Å². The first-order valence-electron chi connectivity index (χ1n) is 9.83. The smallest absolute Gasteiger partial charge is 0.201 e. The van der Waals surface area contributed by atoms with Crippen LogP contribution in [0.4, 0.5) is 17.6 Å². The van der Waals surface area contributed by atoms with E-state index in [1.807, 2.05) is 13.8 Å². The summed E-state index contributed by atoms with van der Waals surface area (Å²) < 4.78 is 67.3. The van der Waals surface area contributed by atoms with Crippen LogP contribution in [0.3, 0.4) is 0 Å². The van der Waals surface area contributed by atoms with Gasteiger partial charge in [0, 0.05) is 17.9 Å². The van der Waals surface area contributed by atoms with Crippen LogP contribution < -0.4 is 4.74 Å². The molecule has 160 valence electrons. The lowest BCUT2D eigenvalue weighted by Gasteiger charge is -2.25. The normalized spacial score (nSPS) is 17.4. The molecule has 0 bridgehead atoms.